The number of aryl methyl sites for hydroxylation is 2. The van der Waals surface area contributed by atoms with E-state index in [4.69, 9.17) is 5.26 Å². The van der Waals surface area contributed by atoms with Crippen LogP contribution in [0.25, 0.3) is 0 Å². The smallest absolute Gasteiger partial charge is 0.101 e. The molecule has 0 aromatic carbocycles. The van der Waals surface area contributed by atoms with Crippen LogP contribution in [0.15, 0.2) is 6.20 Å². The molecule has 0 saturated heterocycles. The predicted octanol–water partition coefficient (Wildman–Crippen LogP) is 2.53. The van der Waals surface area contributed by atoms with E-state index in [0.29, 0.717) is 0 Å². The summed E-state index contributed by atoms with van der Waals surface area (Å²) in [6.45, 7) is 1.92. The highest BCUT2D eigenvalue weighted by molar-refractivity contribution is 5.45. The van der Waals surface area contributed by atoms with Crippen molar-refractivity contribution < 1.29 is 0 Å². The standard InChI is InChI=1S/C12H14N2/c1-9-12(7-13)11-6-4-2-3-5-10(11)8-14-9/h8H,2-6H2,1H3. The van der Waals surface area contributed by atoms with Gasteiger partial charge in [-0.05, 0) is 43.7 Å². The van der Waals surface area contributed by atoms with E-state index in [9.17, 15) is 0 Å². The molecular formula is C12H14N2. The van der Waals surface area contributed by atoms with Crippen molar-refractivity contribution in [2.24, 2.45) is 0 Å². The monoisotopic (exact) mass is 186 g/mol. The van der Waals surface area contributed by atoms with Gasteiger partial charge in [0.25, 0.3) is 0 Å². The molecule has 0 N–H and O–H groups in total. The lowest BCUT2D eigenvalue weighted by Crippen LogP contribution is -2.00. The SMILES string of the molecule is Cc1ncc2c(c1C#N)CCCCC2. The van der Waals surface area contributed by atoms with E-state index in [-0.39, 0.29) is 0 Å². The van der Waals surface area contributed by atoms with Crippen LogP contribution in [0.3, 0.4) is 0 Å². The minimum absolute atomic E-state index is 0.824. The quantitative estimate of drug-likeness (QED) is 0.584. The number of rotatable bonds is 0. The molecule has 1 aliphatic carbocycles. The maximum atomic E-state index is 9.08. The van der Waals surface area contributed by atoms with Crippen molar-refractivity contribution in [2.45, 2.75) is 39.0 Å². The number of hydrogen-bond acceptors (Lipinski definition) is 2. The van der Waals surface area contributed by atoms with Crippen LogP contribution in [0.4, 0.5) is 0 Å². The van der Waals surface area contributed by atoms with E-state index in [1.54, 1.807) is 0 Å². The van der Waals surface area contributed by atoms with Crippen molar-refractivity contribution >= 4 is 0 Å². The van der Waals surface area contributed by atoms with E-state index in [1.807, 2.05) is 13.1 Å². The largest absolute Gasteiger partial charge is 0.260 e. The van der Waals surface area contributed by atoms with E-state index in [0.717, 1.165) is 24.1 Å². The van der Waals surface area contributed by atoms with Gasteiger partial charge in [0.1, 0.15) is 6.07 Å². The second-order valence-electron chi connectivity index (χ2n) is 3.89. The number of fused-ring (bicyclic) bond motifs is 1. The van der Waals surface area contributed by atoms with Crippen molar-refractivity contribution in [1.29, 1.82) is 5.26 Å². The van der Waals surface area contributed by atoms with Gasteiger partial charge in [0.15, 0.2) is 0 Å². The molecule has 2 rings (SSSR count). The van der Waals surface area contributed by atoms with Crippen LogP contribution in [0.5, 0.6) is 0 Å². The van der Waals surface area contributed by atoms with Crippen LogP contribution in [0.2, 0.25) is 0 Å². The Kier molecular flexibility index (Phi) is 2.49. The minimum Gasteiger partial charge on any atom is -0.260 e. The number of pyridine rings is 1. The molecule has 2 nitrogen and oxygen atoms in total. The van der Waals surface area contributed by atoms with Crippen LogP contribution >= 0.6 is 0 Å². The predicted molar refractivity (Wildman–Crippen MR) is 54.9 cm³/mol. The minimum atomic E-state index is 0.824. The molecule has 14 heavy (non-hydrogen) atoms. The molecule has 1 aromatic rings. The first-order valence-electron chi connectivity index (χ1n) is 5.20. The zero-order chi connectivity index (χ0) is 9.97. The number of aromatic nitrogens is 1. The van der Waals surface area contributed by atoms with Crippen molar-refractivity contribution in [1.82, 2.24) is 4.98 Å². The number of hydrogen-bond donors (Lipinski definition) is 0. The third kappa shape index (κ3) is 1.50. The fourth-order valence-corrected chi connectivity index (χ4v) is 2.14. The Balaban J connectivity index is 2.55. The summed E-state index contributed by atoms with van der Waals surface area (Å²) in [4.78, 5) is 4.28. The van der Waals surface area contributed by atoms with Gasteiger partial charge in [0, 0.05) is 6.20 Å². The first kappa shape index (κ1) is 9.21. The molecule has 2 heteroatoms. The zero-order valence-corrected chi connectivity index (χ0v) is 8.51. The molecule has 1 aromatic heterocycles. The Morgan fingerprint density at radius 1 is 1.29 bits per heavy atom. The van der Waals surface area contributed by atoms with Crippen molar-refractivity contribution in [3.8, 4) is 6.07 Å². The molecule has 0 aliphatic heterocycles. The Labute approximate surface area is 84.6 Å². The molecule has 0 saturated carbocycles. The van der Waals surface area contributed by atoms with Crippen LogP contribution in [0, 0.1) is 18.3 Å². The Morgan fingerprint density at radius 3 is 2.86 bits per heavy atom. The fraction of sp³-hybridized carbons (Fsp3) is 0.500. The van der Waals surface area contributed by atoms with Gasteiger partial charge in [-0.1, -0.05) is 6.42 Å². The summed E-state index contributed by atoms with van der Waals surface area (Å²) in [5, 5.41) is 9.08. The summed E-state index contributed by atoms with van der Waals surface area (Å²) in [5.74, 6) is 0. The Bertz CT molecular complexity index is 388. The maximum Gasteiger partial charge on any atom is 0.101 e. The molecule has 0 spiro atoms. The highest BCUT2D eigenvalue weighted by Gasteiger charge is 2.14. The molecule has 0 bridgehead atoms. The lowest BCUT2D eigenvalue weighted by molar-refractivity contribution is 0.711. The molecular weight excluding hydrogens is 172 g/mol. The van der Waals surface area contributed by atoms with Crippen LogP contribution in [0.1, 0.15) is 41.6 Å². The van der Waals surface area contributed by atoms with E-state index in [1.165, 1.54) is 30.4 Å². The molecule has 0 atom stereocenters. The first-order chi connectivity index (χ1) is 6.83. The van der Waals surface area contributed by atoms with Crippen LogP contribution in [-0.4, -0.2) is 4.98 Å². The molecule has 0 unspecified atom stereocenters. The van der Waals surface area contributed by atoms with Crippen LogP contribution < -0.4 is 0 Å². The number of nitrogens with zero attached hydrogens (tertiary/aromatic N) is 2. The summed E-state index contributed by atoms with van der Waals surface area (Å²) in [6, 6.07) is 2.29. The average molecular weight is 186 g/mol. The maximum absolute atomic E-state index is 9.08. The Morgan fingerprint density at radius 2 is 2.07 bits per heavy atom. The van der Waals surface area contributed by atoms with Gasteiger partial charge in [0.05, 0.1) is 11.3 Å². The highest BCUT2D eigenvalue weighted by atomic mass is 14.7. The normalized spacial score (nSPS) is 15.4. The zero-order valence-electron chi connectivity index (χ0n) is 8.51. The summed E-state index contributed by atoms with van der Waals surface area (Å²) >= 11 is 0. The van der Waals surface area contributed by atoms with Gasteiger partial charge in [-0.15, -0.1) is 0 Å². The van der Waals surface area contributed by atoms with Gasteiger partial charge < -0.3 is 0 Å². The van der Waals surface area contributed by atoms with E-state index < -0.39 is 0 Å². The van der Waals surface area contributed by atoms with E-state index >= 15 is 0 Å². The van der Waals surface area contributed by atoms with Gasteiger partial charge in [-0.3, -0.25) is 4.98 Å². The van der Waals surface area contributed by atoms with Gasteiger partial charge >= 0.3 is 0 Å². The van der Waals surface area contributed by atoms with Crippen molar-refractivity contribution in [3.05, 3.63) is 28.6 Å². The Hall–Kier alpha value is -1.36. The summed E-state index contributed by atoms with van der Waals surface area (Å²) < 4.78 is 0. The highest BCUT2D eigenvalue weighted by Crippen LogP contribution is 2.24. The van der Waals surface area contributed by atoms with Crippen molar-refractivity contribution in [2.75, 3.05) is 0 Å². The number of nitriles is 1. The second-order valence-corrected chi connectivity index (χ2v) is 3.89. The first-order valence-corrected chi connectivity index (χ1v) is 5.20. The summed E-state index contributed by atoms with van der Waals surface area (Å²) in [5.41, 5.74) is 4.26. The van der Waals surface area contributed by atoms with Gasteiger partial charge in [0.2, 0.25) is 0 Å². The second kappa shape index (κ2) is 3.79. The topological polar surface area (TPSA) is 36.7 Å². The van der Waals surface area contributed by atoms with E-state index in [2.05, 4.69) is 11.1 Å². The molecule has 0 fully saturated rings. The lowest BCUT2D eigenvalue weighted by atomic mass is 9.99. The lowest BCUT2D eigenvalue weighted by Gasteiger charge is -2.08. The third-order valence-corrected chi connectivity index (χ3v) is 2.95. The molecule has 1 aliphatic rings. The third-order valence-electron chi connectivity index (χ3n) is 2.95. The summed E-state index contributed by atoms with van der Waals surface area (Å²) in [6.07, 6.45) is 7.84. The molecule has 0 amide bonds. The van der Waals surface area contributed by atoms with Crippen LogP contribution in [-0.2, 0) is 12.8 Å². The molecule has 0 radical (unpaired) electrons. The van der Waals surface area contributed by atoms with Crippen molar-refractivity contribution in [3.63, 3.8) is 0 Å². The molecule has 72 valence electrons. The van der Waals surface area contributed by atoms with Gasteiger partial charge in [-0.25, -0.2) is 0 Å². The molecule has 1 heterocycles. The fourth-order valence-electron chi connectivity index (χ4n) is 2.14. The summed E-state index contributed by atoms with van der Waals surface area (Å²) in [7, 11) is 0. The average Bonchev–Trinajstić information content (AvgIpc) is 2.42. The van der Waals surface area contributed by atoms with Gasteiger partial charge in [-0.2, -0.15) is 5.26 Å².